The molecule has 2 aliphatic rings. The smallest absolute Gasteiger partial charge is 0.408 e. The molecule has 2 rings (SSSR count). The summed E-state index contributed by atoms with van der Waals surface area (Å²) < 4.78 is 19.8. The molecule has 1 aliphatic carbocycles. The van der Waals surface area contributed by atoms with E-state index in [1.54, 1.807) is 20.8 Å². The van der Waals surface area contributed by atoms with Gasteiger partial charge in [0.1, 0.15) is 11.3 Å². The largest absolute Gasteiger partial charge is 0.444 e. The van der Waals surface area contributed by atoms with Gasteiger partial charge in [0.2, 0.25) is 0 Å². The molecule has 4 nitrogen and oxygen atoms in total. The zero-order valence-corrected chi connectivity index (χ0v) is 10.7. The number of alkyl halides is 1. The Morgan fingerprint density at radius 2 is 2.06 bits per heavy atom. The second-order valence-electron chi connectivity index (χ2n) is 6.13. The molecule has 1 heterocycles. The van der Waals surface area contributed by atoms with E-state index in [1.165, 1.54) is 0 Å². The maximum Gasteiger partial charge on any atom is 0.408 e. The molecule has 98 valence electrons. The highest BCUT2D eigenvalue weighted by Gasteiger charge is 2.60. The quantitative estimate of drug-likeness (QED) is 0.738. The molecule has 0 radical (unpaired) electrons. The van der Waals surface area contributed by atoms with E-state index in [0.717, 1.165) is 6.42 Å². The predicted octanol–water partition coefficient (Wildman–Crippen LogP) is 1.75. The summed E-state index contributed by atoms with van der Waals surface area (Å²) in [5, 5.41) is 5.78. The average Bonchev–Trinajstić information content (AvgIpc) is 2.53. The van der Waals surface area contributed by atoms with E-state index >= 15 is 0 Å². The highest BCUT2D eigenvalue weighted by atomic mass is 19.1. The normalized spacial score (nSPS) is 36.7. The Labute approximate surface area is 101 Å². The number of alkyl carbamates (subject to hydrolysis) is 1. The van der Waals surface area contributed by atoms with Crippen LogP contribution in [-0.2, 0) is 4.74 Å². The molecule has 0 aromatic rings. The van der Waals surface area contributed by atoms with Crippen molar-refractivity contribution in [3.05, 3.63) is 0 Å². The summed E-state index contributed by atoms with van der Waals surface area (Å²) in [4.78, 5) is 11.8. The Kier molecular flexibility index (Phi) is 2.84. The standard InChI is InChI=1S/C12H21FN2O2/c1-10(2,3)17-9(16)15-12-6-4-5-11(12,13)7-14-8-12/h14H,4-8H2,1-3H3,(H,15,16)/t11-,12+/m0/s1. The van der Waals surface area contributed by atoms with Crippen LogP contribution in [0.1, 0.15) is 40.0 Å². The van der Waals surface area contributed by atoms with E-state index in [9.17, 15) is 9.18 Å². The first-order chi connectivity index (χ1) is 7.77. The first-order valence-corrected chi connectivity index (χ1v) is 6.17. The molecule has 0 bridgehead atoms. The van der Waals surface area contributed by atoms with Gasteiger partial charge in [-0.15, -0.1) is 0 Å². The summed E-state index contributed by atoms with van der Waals surface area (Å²) in [6, 6.07) is 0. The van der Waals surface area contributed by atoms with Gasteiger partial charge in [-0.25, -0.2) is 9.18 Å². The fourth-order valence-electron chi connectivity index (χ4n) is 2.83. The summed E-state index contributed by atoms with van der Waals surface area (Å²) in [5.41, 5.74) is -2.64. The lowest BCUT2D eigenvalue weighted by Crippen LogP contribution is -2.59. The molecule has 1 amide bonds. The van der Waals surface area contributed by atoms with E-state index in [4.69, 9.17) is 4.74 Å². The van der Waals surface area contributed by atoms with Crippen molar-refractivity contribution >= 4 is 6.09 Å². The van der Waals surface area contributed by atoms with Gasteiger partial charge in [-0.1, -0.05) is 0 Å². The van der Waals surface area contributed by atoms with Crippen LogP contribution in [0.3, 0.4) is 0 Å². The van der Waals surface area contributed by atoms with Crippen molar-refractivity contribution in [1.82, 2.24) is 10.6 Å². The maximum absolute atomic E-state index is 14.6. The topological polar surface area (TPSA) is 50.4 Å². The minimum Gasteiger partial charge on any atom is -0.444 e. The molecule has 0 spiro atoms. The van der Waals surface area contributed by atoms with Gasteiger partial charge >= 0.3 is 6.09 Å². The predicted molar refractivity (Wildman–Crippen MR) is 62.7 cm³/mol. The summed E-state index contributed by atoms with van der Waals surface area (Å²) in [6.45, 7) is 6.21. The van der Waals surface area contributed by atoms with Gasteiger partial charge in [-0.2, -0.15) is 0 Å². The number of amides is 1. The molecule has 2 fully saturated rings. The van der Waals surface area contributed by atoms with Crippen molar-refractivity contribution in [2.24, 2.45) is 0 Å². The molecule has 1 aliphatic heterocycles. The second-order valence-corrected chi connectivity index (χ2v) is 6.13. The Bertz CT molecular complexity index is 315. The van der Waals surface area contributed by atoms with Gasteiger partial charge in [0.15, 0.2) is 0 Å². The second kappa shape index (κ2) is 3.83. The highest BCUT2D eigenvalue weighted by molar-refractivity contribution is 5.69. The molecular formula is C12H21FN2O2. The molecule has 2 N–H and O–H groups in total. The van der Waals surface area contributed by atoms with E-state index < -0.39 is 22.9 Å². The number of rotatable bonds is 1. The first kappa shape index (κ1) is 12.6. The first-order valence-electron chi connectivity index (χ1n) is 6.17. The van der Waals surface area contributed by atoms with Crippen LogP contribution >= 0.6 is 0 Å². The third kappa shape index (κ3) is 2.25. The number of hydrogen-bond donors (Lipinski definition) is 2. The number of halogens is 1. The molecule has 17 heavy (non-hydrogen) atoms. The monoisotopic (exact) mass is 244 g/mol. The van der Waals surface area contributed by atoms with E-state index in [0.29, 0.717) is 25.9 Å². The molecular weight excluding hydrogens is 223 g/mol. The third-order valence-corrected chi connectivity index (χ3v) is 3.61. The van der Waals surface area contributed by atoms with Crippen LogP contribution in [0.15, 0.2) is 0 Å². The number of fused-ring (bicyclic) bond motifs is 1. The molecule has 0 unspecified atom stereocenters. The minimum atomic E-state index is -1.32. The highest BCUT2D eigenvalue weighted by Crippen LogP contribution is 2.44. The molecule has 0 aromatic heterocycles. The van der Waals surface area contributed by atoms with Crippen LogP contribution in [0.5, 0.6) is 0 Å². The average molecular weight is 244 g/mol. The lowest BCUT2D eigenvalue weighted by Gasteiger charge is -2.34. The Morgan fingerprint density at radius 1 is 1.35 bits per heavy atom. The van der Waals surface area contributed by atoms with Gasteiger partial charge < -0.3 is 15.4 Å². The van der Waals surface area contributed by atoms with Crippen LogP contribution in [-0.4, -0.2) is 36.0 Å². The van der Waals surface area contributed by atoms with Crippen LogP contribution in [0.4, 0.5) is 9.18 Å². The van der Waals surface area contributed by atoms with Crippen LogP contribution in [0.25, 0.3) is 0 Å². The van der Waals surface area contributed by atoms with Crippen molar-refractivity contribution in [3.63, 3.8) is 0 Å². The number of nitrogens with one attached hydrogen (secondary N) is 2. The zero-order valence-electron chi connectivity index (χ0n) is 10.7. The maximum atomic E-state index is 14.6. The van der Waals surface area contributed by atoms with Crippen molar-refractivity contribution in [3.8, 4) is 0 Å². The minimum absolute atomic E-state index is 0.322. The van der Waals surface area contributed by atoms with Gasteiger partial charge in [0.05, 0.1) is 5.54 Å². The number of carbonyl (C=O) groups is 1. The molecule has 1 saturated heterocycles. The van der Waals surface area contributed by atoms with Gasteiger partial charge in [-0.3, -0.25) is 0 Å². The summed E-state index contributed by atoms with van der Waals surface area (Å²) in [7, 11) is 0. The number of hydrogen-bond acceptors (Lipinski definition) is 3. The van der Waals surface area contributed by atoms with Crippen LogP contribution < -0.4 is 10.6 Å². The third-order valence-electron chi connectivity index (χ3n) is 3.61. The van der Waals surface area contributed by atoms with Crippen molar-refractivity contribution in [2.75, 3.05) is 13.1 Å². The van der Waals surface area contributed by atoms with E-state index in [-0.39, 0.29) is 0 Å². The lowest BCUT2D eigenvalue weighted by molar-refractivity contribution is 0.0333. The SMILES string of the molecule is CC(C)(C)OC(=O)N[C@@]12CCC[C@]1(F)CNC2. The van der Waals surface area contributed by atoms with Crippen LogP contribution in [0, 0.1) is 0 Å². The molecule has 5 heteroatoms. The summed E-state index contributed by atoms with van der Waals surface area (Å²) in [5.74, 6) is 0. The van der Waals surface area contributed by atoms with Crippen molar-refractivity contribution in [1.29, 1.82) is 0 Å². The summed E-state index contributed by atoms with van der Waals surface area (Å²) >= 11 is 0. The van der Waals surface area contributed by atoms with E-state index in [2.05, 4.69) is 10.6 Å². The fraction of sp³-hybridized carbons (Fsp3) is 0.917. The van der Waals surface area contributed by atoms with Gasteiger partial charge in [0, 0.05) is 13.1 Å². The van der Waals surface area contributed by atoms with Gasteiger partial charge in [0.25, 0.3) is 0 Å². The Hall–Kier alpha value is -0.840. The molecule has 0 aromatic carbocycles. The van der Waals surface area contributed by atoms with Crippen molar-refractivity contribution < 1.29 is 13.9 Å². The number of ether oxygens (including phenoxy) is 1. The Morgan fingerprint density at radius 3 is 2.71 bits per heavy atom. The summed E-state index contributed by atoms with van der Waals surface area (Å²) in [6.07, 6.45) is 1.48. The zero-order chi connectivity index (χ0) is 12.7. The van der Waals surface area contributed by atoms with Crippen molar-refractivity contribution in [2.45, 2.75) is 56.8 Å². The van der Waals surface area contributed by atoms with Gasteiger partial charge in [-0.05, 0) is 40.0 Å². The number of carbonyl (C=O) groups excluding carboxylic acids is 1. The fourth-order valence-corrected chi connectivity index (χ4v) is 2.83. The van der Waals surface area contributed by atoms with Crippen LogP contribution in [0.2, 0.25) is 0 Å². The molecule has 2 atom stereocenters. The molecule has 1 saturated carbocycles. The lowest BCUT2D eigenvalue weighted by atomic mass is 9.88. The van der Waals surface area contributed by atoms with E-state index in [1.807, 2.05) is 0 Å². The Balaban J connectivity index is 2.05.